The lowest BCUT2D eigenvalue weighted by molar-refractivity contribution is -0.150. The van der Waals surface area contributed by atoms with Gasteiger partial charge in [0.15, 0.2) is 6.04 Å². The second-order valence-corrected chi connectivity index (χ2v) is 5.03. The van der Waals surface area contributed by atoms with Gasteiger partial charge in [-0.25, -0.2) is 4.79 Å². The second kappa shape index (κ2) is 6.05. The van der Waals surface area contributed by atoms with Gasteiger partial charge in [0.05, 0.1) is 6.61 Å². The third kappa shape index (κ3) is 2.99. The molecule has 1 aliphatic carbocycles. The van der Waals surface area contributed by atoms with Gasteiger partial charge in [-0.05, 0) is 24.0 Å². The Balaban J connectivity index is 2.42. The van der Waals surface area contributed by atoms with Gasteiger partial charge in [0, 0.05) is 20.1 Å². The fraction of sp³-hybridized carbons (Fsp3) is 0.467. The smallest absolute Gasteiger partial charge is 0.331 e. The number of hydrogen-bond donors (Lipinski definition) is 1. The first-order valence-electron chi connectivity index (χ1n) is 6.64. The van der Waals surface area contributed by atoms with Crippen molar-refractivity contribution >= 4 is 11.9 Å². The highest BCUT2D eigenvalue weighted by Gasteiger charge is 2.40. The van der Waals surface area contributed by atoms with Crippen molar-refractivity contribution in [3.63, 3.8) is 0 Å². The van der Waals surface area contributed by atoms with Crippen LogP contribution in [-0.4, -0.2) is 35.0 Å². The highest BCUT2D eigenvalue weighted by molar-refractivity contribution is 5.84. The van der Waals surface area contributed by atoms with E-state index in [1.165, 1.54) is 11.8 Å². The molecular weight excluding hydrogens is 258 g/mol. The van der Waals surface area contributed by atoms with E-state index >= 15 is 0 Å². The van der Waals surface area contributed by atoms with Crippen molar-refractivity contribution in [2.24, 2.45) is 0 Å². The van der Waals surface area contributed by atoms with Crippen molar-refractivity contribution in [2.45, 2.75) is 38.5 Å². The summed E-state index contributed by atoms with van der Waals surface area (Å²) >= 11 is 0. The van der Waals surface area contributed by atoms with Crippen LogP contribution in [0.4, 0.5) is 0 Å². The molecule has 1 atom stereocenters. The molecule has 5 heteroatoms. The highest BCUT2D eigenvalue weighted by atomic mass is 16.5. The van der Waals surface area contributed by atoms with Gasteiger partial charge in [-0.3, -0.25) is 4.79 Å². The Morgan fingerprint density at radius 3 is 2.55 bits per heavy atom. The Morgan fingerprint density at radius 1 is 1.40 bits per heavy atom. The number of rotatable bonds is 6. The molecule has 0 aromatic heterocycles. The Hall–Kier alpha value is -1.88. The van der Waals surface area contributed by atoms with Crippen molar-refractivity contribution in [1.29, 1.82) is 0 Å². The molecule has 108 valence electrons. The second-order valence-electron chi connectivity index (χ2n) is 5.03. The number of benzene rings is 1. The quantitative estimate of drug-likeness (QED) is 0.863. The Morgan fingerprint density at radius 2 is 2.05 bits per heavy atom. The molecule has 1 amide bonds. The van der Waals surface area contributed by atoms with Crippen LogP contribution in [-0.2, 0) is 20.9 Å². The standard InChI is InChI=1S/C15H19NO4/c1-10(17)16(12-7-8-12)14(15(18)19)13-6-4-3-5-11(13)9-20-2/h3-6,12,14H,7-9H2,1-2H3,(H,18,19). The zero-order valence-electron chi connectivity index (χ0n) is 11.7. The van der Waals surface area contributed by atoms with Gasteiger partial charge < -0.3 is 14.7 Å². The van der Waals surface area contributed by atoms with E-state index in [4.69, 9.17) is 4.74 Å². The molecule has 0 aliphatic heterocycles. The molecule has 0 spiro atoms. The minimum atomic E-state index is -1.00. The van der Waals surface area contributed by atoms with Gasteiger partial charge in [-0.15, -0.1) is 0 Å². The molecule has 1 N–H and O–H groups in total. The van der Waals surface area contributed by atoms with Crippen LogP contribution in [0.25, 0.3) is 0 Å². The molecular formula is C15H19NO4. The first-order valence-corrected chi connectivity index (χ1v) is 6.64. The molecule has 1 aromatic rings. The van der Waals surface area contributed by atoms with Crippen LogP contribution < -0.4 is 0 Å². The van der Waals surface area contributed by atoms with E-state index in [0.717, 1.165) is 18.4 Å². The molecule has 1 saturated carbocycles. The molecule has 5 nitrogen and oxygen atoms in total. The Bertz CT molecular complexity index is 510. The lowest BCUT2D eigenvalue weighted by atomic mass is 9.99. The normalized spacial score (nSPS) is 15.7. The molecule has 1 fully saturated rings. The number of carboxylic acid groups (broad SMARTS) is 1. The van der Waals surface area contributed by atoms with E-state index in [1.807, 2.05) is 12.1 Å². The van der Waals surface area contributed by atoms with Gasteiger partial charge in [0.1, 0.15) is 0 Å². The summed E-state index contributed by atoms with van der Waals surface area (Å²) in [5.41, 5.74) is 1.43. The maximum Gasteiger partial charge on any atom is 0.331 e. The molecule has 20 heavy (non-hydrogen) atoms. The molecule has 0 saturated heterocycles. The Kier molecular flexibility index (Phi) is 4.39. The van der Waals surface area contributed by atoms with Crippen molar-refractivity contribution < 1.29 is 19.4 Å². The summed E-state index contributed by atoms with van der Waals surface area (Å²) in [6.07, 6.45) is 1.74. The van der Waals surface area contributed by atoms with Gasteiger partial charge >= 0.3 is 5.97 Å². The van der Waals surface area contributed by atoms with Crippen molar-refractivity contribution in [3.05, 3.63) is 35.4 Å². The number of methoxy groups -OCH3 is 1. The lowest BCUT2D eigenvalue weighted by Gasteiger charge is -2.29. The first kappa shape index (κ1) is 14.5. The summed E-state index contributed by atoms with van der Waals surface area (Å²) < 4.78 is 5.12. The fourth-order valence-corrected chi connectivity index (χ4v) is 2.49. The van der Waals surface area contributed by atoms with E-state index < -0.39 is 12.0 Å². The Labute approximate surface area is 118 Å². The molecule has 0 radical (unpaired) electrons. The van der Waals surface area contributed by atoms with Crippen molar-refractivity contribution in [1.82, 2.24) is 4.90 Å². The molecule has 1 unspecified atom stereocenters. The maximum absolute atomic E-state index is 11.8. The predicted molar refractivity (Wildman–Crippen MR) is 73.1 cm³/mol. The minimum Gasteiger partial charge on any atom is -0.479 e. The number of amides is 1. The van der Waals surface area contributed by atoms with Crippen LogP contribution >= 0.6 is 0 Å². The van der Waals surface area contributed by atoms with Gasteiger partial charge in [0.25, 0.3) is 0 Å². The van der Waals surface area contributed by atoms with Crippen LogP contribution in [0.15, 0.2) is 24.3 Å². The maximum atomic E-state index is 11.8. The summed E-state index contributed by atoms with van der Waals surface area (Å²) in [5.74, 6) is -1.21. The highest BCUT2D eigenvalue weighted by Crippen LogP contribution is 2.36. The number of carbonyl (C=O) groups is 2. The zero-order chi connectivity index (χ0) is 14.7. The summed E-state index contributed by atoms with van der Waals surface area (Å²) in [6, 6.07) is 6.32. The number of hydrogen-bond acceptors (Lipinski definition) is 3. The summed E-state index contributed by atoms with van der Waals surface area (Å²) in [5, 5.41) is 9.58. The molecule has 2 rings (SSSR count). The number of nitrogens with zero attached hydrogens (tertiary/aromatic N) is 1. The average molecular weight is 277 g/mol. The first-order chi connectivity index (χ1) is 9.56. The number of carbonyl (C=O) groups excluding carboxylic acids is 1. The third-order valence-corrected chi connectivity index (χ3v) is 3.47. The van der Waals surface area contributed by atoms with Crippen LogP contribution in [0, 0.1) is 0 Å². The molecule has 0 heterocycles. The summed E-state index contributed by atoms with van der Waals surface area (Å²) in [6.45, 7) is 1.75. The van der Waals surface area contributed by atoms with E-state index in [9.17, 15) is 14.7 Å². The SMILES string of the molecule is COCc1ccccc1C(C(=O)O)N(C(C)=O)C1CC1. The third-order valence-electron chi connectivity index (χ3n) is 3.47. The lowest BCUT2D eigenvalue weighted by Crippen LogP contribution is -2.39. The minimum absolute atomic E-state index is 0.0456. The molecule has 1 aromatic carbocycles. The monoisotopic (exact) mass is 277 g/mol. The van der Waals surface area contributed by atoms with Crippen molar-refractivity contribution in [3.8, 4) is 0 Å². The number of carboxylic acids is 1. The number of ether oxygens (including phenoxy) is 1. The van der Waals surface area contributed by atoms with E-state index in [-0.39, 0.29) is 11.9 Å². The topological polar surface area (TPSA) is 66.8 Å². The van der Waals surface area contributed by atoms with Gasteiger partial charge in [-0.2, -0.15) is 0 Å². The molecule has 1 aliphatic rings. The predicted octanol–water partition coefficient (Wildman–Crippen LogP) is 1.97. The number of aliphatic carboxylic acids is 1. The van der Waals surface area contributed by atoms with Gasteiger partial charge in [0.2, 0.25) is 5.91 Å². The van der Waals surface area contributed by atoms with E-state index in [1.54, 1.807) is 19.2 Å². The van der Waals surface area contributed by atoms with E-state index in [0.29, 0.717) is 12.2 Å². The molecule has 0 bridgehead atoms. The van der Waals surface area contributed by atoms with Crippen LogP contribution in [0.5, 0.6) is 0 Å². The van der Waals surface area contributed by atoms with E-state index in [2.05, 4.69) is 0 Å². The van der Waals surface area contributed by atoms with Gasteiger partial charge in [-0.1, -0.05) is 24.3 Å². The van der Waals surface area contributed by atoms with Crippen LogP contribution in [0.3, 0.4) is 0 Å². The van der Waals surface area contributed by atoms with Crippen LogP contribution in [0.1, 0.15) is 36.9 Å². The summed E-state index contributed by atoms with van der Waals surface area (Å²) in [4.78, 5) is 25.0. The average Bonchev–Trinajstić information content (AvgIpc) is 3.20. The van der Waals surface area contributed by atoms with Crippen molar-refractivity contribution in [2.75, 3.05) is 7.11 Å². The summed E-state index contributed by atoms with van der Waals surface area (Å²) in [7, 11) is 1.57. The van der Waals surface area contributed by atoms with Crippen LogP contribution in [0.2, 0.25) is 0 Å². The fourth-order valence-electron chi connectivity index (χ4n) is 2.49. The largest absolute Gasteiger partial charge is 0.479 e. The zero-order valence-corrected chi connectivity index (χ0v) is 11.7.